The summed E-state index contributed by atoms with van der Waals surface area (Å²) in [4.78, 5) is 14.5. The highest BCUT2D eigenvalue weighted by atomic mass is 17.1. The van der Waals surface area contributed by atoms with Gasteiger partial charge in [-0.15, -0.1) is 0 Å². The Morgan fingerprint density at radius 1 is 0.909 bits per heavy atom. The third-order valence-corrected chi connectivity index (χ3v) is 3.88. The molecule has 0 aromatic carbocycles. The van der Waals surface area contributed by atoms with Crippen molar-refractivity contribution in [2.75, 3.05) is 0 Å². The molecule has 130 valence electrons. The van der Waals surface area contributed by atoms with Gasteiger partial charge in [-0.1, -0.05) is 70.4 Å². The van der Waals surface area contributed by atoms with Crippen LogP contribution in [0.1, 0.15) is 90.4 Å². The first-order chi connectivity index (χ1) is 10.7. The highest BCUT2D eigenvalue weighted by Crippen LogP contribution is 2.11. The second kappa shape index (κ2) is 16.5. The second-order valence-corrected chi connectivity index (χ2v) is 5.95. The Morgan fingerprint density at radius 3 is 1.91 bits per heavy atom. The van der Waals surface area contributed by atoms with Crippen LogP contribution in [0.3, 0.4) is 0 Å². The van der Waals surface area contributed by atoms with E-state index in [4.69, 9.17) is 10.4 Å². The molecule has 0 aromatic heterocycles. The summed E-state index contributed by atoms with van der Waals surface area (Å²) < 4.78 is 0. The Kier molecular flexibility index (Phi) is 15.8. The van der Waals surface area contributed by atoms with Gasteiger partial charge < -0.3 is 5.11 Å². The molecule has 0 aromatic rings. The Morgan fingerprint density at radius 2 is 1.41 bits per heavy atom. The summed E-state index contributed by atoms with van der Waals surface area (Å²) in [6, 6.07) is 0. The van der Waals surface area contributed by atoms with E-state index in [9.17, 15) is 4.79 Å². The summed E-state index contributed by atoms with van der Waals surface area (Å²) in [5, 5.41) is 17.1. The summed E-state index contributed by atoms with van der Waals surface area (Å²) in [5.74, 6) is -1.10. The summed E-state index contributed by atoms with van der Waals surface area (Å²) in [6.45, 7) is 2.24. The molecule has 0 fully saturated rings. The van der Waals surface area contributed by atoms with Crippen LogP contribution in [0.4, 0.5) is 0 Å². The van der Waals surface area contributed by atoms with E-state index in [0.29, 0.717) is 6.42 Å². The number of rotatable bonds is 16. The van der Waals surface area contributed by atoms with E-state index in [0.717, 1.165) is 32.1 Å². The zero-order chi connectivity index (χ0) is 16.5. The number of hydrogen-bond donors (Lipinski definition) is 2. The molecule has 0 aliphatic carbocycles. The fourth-order valence-electron chi connectivity index (χ4n) is 2.44. The molecule has 0 saturated heterocycles. The van der Waals surface area contributed by atoms with Gasteiger partial charge in [0.2, 0.25) is 0 Å². The molecule has 2 N–H and O–H groups in total. The van der Waals surface area contributed by atoms with Crippen molar-refractivity contribution in [1.82, 2.24) is 0 Å². The van der Waals surface area contributed by atoms with Crippen LogP contribution in [0.25, 0.3) is 0 Å². The van der Waals surface area contributed by atoms with Gasteiger partial charge in [-0.25, -0.2) is 9.68 Å². The normalized spacial score (nSPS) is 12.8. The van der Waals surface area contributed by atoms with Gasteiger partial charge in [-0.2, -0.15) is 0 Å². The van der Waals surface area contributed by atoms with Gasteiger partial charge in [0.1, 0.15) is 0 Å². The van der Waals surface area contributed by atoms with Crippen molar-refractivity contribution in [2.45, 2.75) is 96.5 Å². The second-order valence-electron chi connectivity index (χ2n) is 5.95. The third kappa shape index (κ3) is 14.1. The van der Waals surface area contributed by atoms with Crippen molar-refractivity contribution in [3.05, 3.63) is 12.2 Å². The van der Waals surface area contributed by atoms with Crippen molar-refractivity contribution in [1.29, 1.82) is 0 Å². The predicted molar refractivity (Wildman–Crippen MR) is 90.0 cm³/mol. The molecule has 22 heavy (non-hydrogen) atoms. The van der Waals surface area contributed by atoms with E-state index < -0.39 is 12.1 Å². The minimum absolute atomic E-state index is 0.375. The molecule has 0 radical (unpaired) electrons. The van der Waals surface area contributed by atoms with Crippen LogP contribution in [-0.4, -0.2) is 22.4 Å². The maximum Gasteiger partial charge on any atom is 0.336 e. The van der Waals surface area contributed by atoms with Gasteiger partial charge in [-0.3, -0.25) is 5.26 Å². The molecule has 0 heterocycles. The molecular weight excluding hydrogens is 280 g/mol. The van der Waals surface area contributed by atoms with Gasteiger partial charge >= 0.3 is 5.97 Å². The first-order valence-corrected chi connectivity index (χ1v) is 8.90. The van der Waals surface area contributed by atoms with E-state index in [2.05, 4.69) is 24.0 Å². The summed E-state index contributed by atoms with van der Waals surface area (Å²) in [7, 11) is 0. The van der Waals surface area contributed by atoms with E-state index >= 15 is 0 Å². The monoisotopic (exact) mass is 314 g/mol. The highest BCUT2D eigenvalue weighted by molar-refractivity contribution is 5.72. The molecule has 0 spiro atoms. The quantitative estimate of drug-likeness (QED) is 0.169. The Balaban J connectivity index is 3.25. The van der Waals surface area contributed by atoms with Crippen molar-refractivity contribution < 1.29 is 20.0 Å². The lowest BCUT2D eigenvalue weighted by atomic mass is 10.1. The molecule has 0 aliphatic rings. The summed E-state index contributed by atoms with van der Waals surface area (Å²) >= 11 is 0. The standard InChI is InChI=1S/C18H34O4/c1-2-3-4-5-6-7-8-9-10-11-12-13-14-15-16-17(22-21)18(19)20/h9-10,17,21H,2-8,11-16H2,1H3,(H,19,20)/b10-9-. The van der Waals surface area contributed by atoms with Gasteiger partial charge in [0.15, 0.2) is 6.10 Å². The van der Waals surface area contributed by atoms with Crippen molar-refractivity contribution in [3.63, 3.8) is 0 Å². The Bertz CT molecular complexity index is 276. The Labute approximate surface area is 135 Å². The highest BCUT2D eigenvalue weighted by Gasteiger charge is 2.16. The van der Waals surface area contributed by atoms with Crippen LogP contribution in [0.5, 0.6) is 0 Å². The average Bonchev–Trinajstić information content (AvgIpc) is 2.51. The number of unbranched alkanes of at least 4 members (excludes halogenated alkanes) is 10. The predicted octanol–water partition coefficient (Wildman–Crippen LogP) is 5.58. The minimum Gasteiger partial charge on any atom is -0.479 e. The molecule has 1 atom stereocenters. The van der Waals surface area contributed by atoms with Gasteiger partial charge in [0.25, 0.3) is 0 Å². The number of allylic oxidation sites excluding steroid dienone is 2. The molecule has 0 saturated carbocycles. The van der Waals surface area contributed by atoms with Gasteiger partial charge in [0.05, 0.1) is 0 Å². The van der Waals surface area contributed by atoms with Crippen LogP contribution < -0.4 is 0 Å². The molecule has 4 heteroatoms. The van der Waals surface area contributed by atoms with Crippen molar-refractivity contribution in [2.24, 2.45) is 0 Å². The first-order valence-electron chi connectivity index (χ1n) is 8.90. The third-order valence-electron chi connectivity index (χ3n) is 3.88. The number of carboxylic acid groups (broad SMARTS) is 1. The average molecular weight is 314 g/mol. The first kappa shape index (κ1) is 21.1. The van der Waals surface area contributed by atoms with Crippen molar-refractivity contribution in [3.8, 4) is 0 Å². The van der Waals surface area contributed by atoms with E-state index in [1.54, 1.807) is 0 Å². The van der Waals surface area contributed by atoms with Crippen LogP contribution >= 0.6 is 0 Å². The molecule has 1 unspecified atom stereocenters. The molecule has 0 bridgehead atoms. The lowest BCUT2D eigenvalue weighted by Gasteiger charge is -2.07. The number of hydrogen-bond acceptors (Lipinski definition) is 3. The van der Waals surface area contributed by atoms with Gasteiger partial charge in [-0.05, 0) is 32.1 Å². The minimum atomic E-state index is -1.10. The number of carbonyl (C=O) groups is 1. The fraction of sp³-hybridized carbons (Fsp3) is 0.833. The van der Waals surface area contributed by atoms with Crippen LogP contribution in [0.15, 0.2) is 12.2 Å². The van der Waals surface area contributed by atoms with Crippen LogP contribution in [-0.2, 0) is 9.68 Å². The number of aliphatic carboxylic acids is 1. The smallest absolute Gasteiger partial charge is 0.336 e. The largest absolute Gasteiger partial charge is 0.479 e. The van der Waals surface area contributed by atoms with E-state index in [1.807, 2.05) is 0 Å². The molecule has 0 rings (SSSR count). The van der Waals surface area contributed by atoms with Crippen LogP contribution in [0, 0.1) is 0 Å². The van der Waals surface area contributed by atoms with Gasteiger partial charge in [0, 0.05) is 0 Å². The summed E-state index contributed by atoms with van der Waals surface area (Å²) in [6.07, 6.45) is 18.2. The zero-order valence-corrected chi connectivity index (χ0v) is 14.1. The lowest BCUT2D eigenvalue weighted by molar-refractivity contribution is -0.277. The summed E-state index contributed by atoms with van der Waals surface area (Å²) in [5.41, 5.74) is 0. The number of carboxylic acids is 1. The topological polar surface area (TPSA) is 66.8 Å². The zero-order valence-electron chi connectivity index (χ0n) is 14.1. The maximum absolute atomic E-state index is 10.6. The molecule has 4 nitrogen and oxygen atoms in total. The fourth-order valence-corrected chi connectivity index (χ4v) is 2.44. The van der Waals surface area contributed by atoms with E-state index in [-0.39, 0.29) is 0 Å². The lowest BCUT2D eigenvalue weighted by Crippen LogP contribution is -2.22. The Hall–Kier alpha value is -0.870. The van der Waals surface area contributed by atoms with Crippen LogP contribution in [0.2, 0.25) is 0 Å². The van der Waals surface area contributed by atoms with E-state index in [1.165, 1.54) is 44.9 Å². The molecule has 0 amide bonds. The molecule has 0 aliphatic heterocycles. The SMILES string of the molecule is CCCCCCCC/C=C\CCCCCCC(OO)C(=O)O. The van der Waals surface area contributed by atoms with Crippen molar-refractivity contribution >= 4 is 5.97 Å². The maximum atomic E-state index is 10.6. The molecular formula is C18H34O4.